The average molecular weight is 380 g/mol. The number of hydrogen-bond donors (Lipinski definition) is 3. The molecule has 0 aliphatic rings. The van der Waals surface area contributed by atoms with Crippen molar-refractivity contribution in [3.63, 3.8) is 0 Å². The fourth-order valence-electron chi connectivity index (χ4n) is 0.592. The summed E-state index contributed by atoms with van der Waals surface area (Å²) in [4.78, 5) is 26.8. The van der Waals surface area contributed by atoms with Crippen LogP contribution in [0, 0.1) is 0 Å². The monoisotopic (exact) mass is 380 g/mol. The van der Waals surface area contributed by atoms with Gasteiger partial charge in [0.15, 0.2) is 0 Å². The minimum Gasteiger partial charge on any atom is -0.302 e. The van der Waals surface area contributed by atoms with Crippen LogP contribution in [-0.2, 0) is 44.8 Å². The molecule has 0 aromatic carbocycles. The highest BCUT2D eigenvalue weighted by Gasteiger charge is 2.45. The fraction of sp³-hybridized carbons (Fsp3) is 1.00. The van der Waals surface area contributed by atoms with E-state index in [9.17, 15) is 18.3 Å². The van der Waals surface area contributed by atoms with E-state index in [0.717, 1.165) is 14.2 Å². The van der Waals surface area contributed by atoms with Crippen LogP contribution in [0.5, 0.6) is 0 Å². The minimum absolute atomic E-state index is 0.653. The molecule has 122 valence electrons. The maximum absolute atomic E-state index is 11.4. The van der Waals surface area contributed by atoms with Crippen LogP contribution >= 0.6 is 31.3 Å². The van der Waals surface area contributed by atoms with Crippen molar-refractivity contribution in [1.29, 1.82) is 0 Å². The van der Waals surface area contributed by atoms with Gasteiger partial charge >= 0.3 is 31.3 Å². The fourth-order valence-corrected chi connectivity index (χ4v) is 5.41. The third-order valence-corrected chi connectivity index (χ3v) is 7.58. The molecule has 0 rings (SSSR count). The van der Waals surface area contributed by atoms with E-state index in [2.05, 4.69) is 26.5 Å². The Bertz CT molecular complexity index is 502. The zero-order chi connectivity index (χ0) is 16.2. The Morgan fingerprint density at radius 1 is 0.600 bits per heavy atom. The van der Waals surface area contributed by atoms with Crippen LogP contribution in [0.15, 0.2) is 0 Å². The molecule has 0 spiro atoms. The number of phosphoric acid groups is 4. The molecule has 17 heteroatoms. The van der Waals surface area contributed by atoms with Gasteiger partial charge in [-0.15, -0.1) is 0 Å². The van der Waals surface area contributed by atoms with Crippen LogP contribution in [0.3, 0.4) is 0 Å². The summed E-state index contributed by atoms with van der Waals surface area (Å²) >= 11 is 0. The van der Waals surface area contributed by atoms with Gasteiger partial charge in [0, 0.05) is 21.3 Å². The first kappa shape index (κ1) is 20.6. The number of rotatable bonds is 9. The van der Waals surface area contributed by atoms with Crippen molar-refractivity contribution < 1.29 is 59.4 Å². The quantitative estimate of drug-likeness (QED) is 0.488. The van der Waals surface area contributed by atoms with Gasteiger partial charge in [-0.2, -0.15) is 12.9 Å². The molecule has 3 unspecified atom stereocenters. The predicted molar refractivity (Wildman–Crippen MR) is 61.4 cm³/mol. The van der Waals surface area contributed by atoms with Gasteiger partial charge in [-0.3, -0.25) is 13.6 Å². The van der Waals surface area contributed by atoms with Gasteiger partial charge in [0.25, 0.3) is 0 Å². The standard InChI is InChI=1S/C3H12O13P4/c1-11-17(4,5)14-18(6,7)15-19(8,9)16-20(10,12-2)13-3/h1-3H3,(H,4,5)(H,6,7)(H,8,9). The average Bonchev–Trinajstić information content (AvgIpc) is 2.25. The predicted octanol–water partition coefficient (Wildman–Crippen LogP) is 1.38. The van der Waals surface area contributed by atoms with Crippen molar-refractivity contribution in [3.05, 3.63) is 0 Å². The van der Waals surface area contributed by atoms with E-state index in [1.165, 1.54) is 0 Å². The van der Waals surface area contributed by atoms with Crippen LogP contribution in [0.25, 0.3) is 0 Å². The molecule has 0 aliphatic heterocycles. The van der Waals surface area contributed by atoms with Gasteiger partial charge in [0.05, 0.1) is 0 Å². The van der Waals surface area contributed by atoms with Crippen molar-refractivity contribution >= 4 is 31.3 Å². The summed E-state index contributed by atoms with van der Waals surface area (Å²) < 4.78 is 67.8. The second kappa shape index (κ2) is 7.21. The molecule has 20 heavy (non-hydrogen) atoms. The lowest BCUT2D eigenvalue weighted by Gasteiger charge is -2.19. The van der Waals surface area contributed by atoms with Crippen LogP contribution in [-0.4, -0.2) is 36.0 Å². The summed E-state index contributed by atoms with van der Waals surface area (Å²) in [5, 5.41) is 0. The Labute approximate surface area is 113 Å². The van der Waals surface area contributed by atoms with E-state index < -0.39 is 31.3 Å². The maximum Gasteiger partial charge on any atom is 0.490 e. The molecule has 3 N–H and O–H groups in total. The molecule has 0 amide bonds. The lowest BCUT2D eigenvalue weighted by molar-refractivity contribution is 0.168. The van der Waals surface area contributed by atoms with Crippen LogP contribution in [0.4, 0.5) is 0 Å². The molecule has 0 fully saturated rings. The van der Waals surface area contributed by atoms with E-state index in [4.69, 9.17) is 14.7 Å². The largest absolute Gasteiger partial charge is 0.490 e. The first-order valence-corrected chi connectivity index (χ1v) is 10.1. The van der Waals surface area contributed by atoms with E-state index in [1.54, 1.807) is 0 Å². The summed E-state index contributed by atoms with van der Waals surface area (Å²) in [5.41, 5.74) is 0. The molecule has 3 atom stereocenters. The van der Waals surface area contributed by atoms with Gasteiger partial charge < -0.3 is 14.7 Å². The van der Waals surface area contributed by atoms with E-state index in [1.807, 2.05) is 0 Å². The summed E-state index contributed by atoms with van der Waals surface area (Å²) in [5.74, 6) is 0. The van der Waals surface area contributed by atoms with Crippen molar-refractivity contribution in [1.82, 2.24) is 0 Å². The lowest BCUT2D eigenvalue weighted by atomic mass is 11.8. The molecule has 0 bridgehead atoms. The van der Waals surface area contributed by atoms with Crippen molar-refractivity contribution in [3.8, 4) is 0 Å². The summed E-state index contributed by atoms with van der Waals surface area (Å²) in [6, 6.07) is 0. The summed E-state index contributed by atoms with van der Waals surface area (Å²) in [7, 11) is -18.4. The lowest BCUT2D eigenvalue weighted by Crippen LogP contribution is -1.98. The van der Waals surface area contributed by atoms with Crippen molar-refractivity contribution in [2.24, 2.45) is 0 Å². The zero-order valence-electron chi connectivity index (χ0n) is 10.2. The highest BCUT2D eigenvalue weighted by molar-refractivity contribution is 7.69. The van der Waals surface area contributed by atoms with Gasteiger partial charge in [0.1, 0.15) is 0 Å². The molecule has 13 nitrogen and oxygen atoms in total. The Hall–Kier alpha value is 0.560. The van der Waals surface area contributed by atoms with Gasteiger partial charge in [-0.25, -0.2) is 18.3 Å². The molecule has 0 aromatic heterocycles. The van der Waals surface area contributed by atoms with Crippen LogP contribution < -0.4 is 0 Å². The number of phosphoric ester groups is 2. The smallest absolute Gasteiger partial charge is 0.302 e. The molecule has 0 saturated heterocycles. The molecular formula is C3H12O13P4. The van der Waals surface area contributed by atoms with Gasteiger partial charge in [-0.1, -0.05) is 0 Å². The second-order valence-corrected chi connectivity index (χ2v) is 9.41. The SMILES string of the molecule is COP(=O)(O)OP(=O)(O)OP(=O)(O)OP(=O)(OC)OC. The van der Waals surface area contributed by atoms with E-state index in [-0.39, 0.29) is 0 Å². The zero-order valence-corrected chi connectivity index (χ0v) is 13.8. The Morgan fingerprint density at radius 3 is 1.30 bits per heavy atom. The summed E-state index contributed by atoms with van der Waals surface area (Å²) in [6.45, 7) is 0. The summed E-state index contributed by atoms with van der Waals surface area (Å²) in [6.07, 6.45) is 0. The first-order chi connectivity index (χ1) is 8.80. The highest BCUT2D eigenvalue weighted by Crippen LogP contribution is 2.72. The Balaban J connectivity index is 5.01. The molecule has 0 aliphatic carbocycles. The topological polar surface area (TPSA) is 184 Å². The third-order valence-electron chi connectivity index (χ3n) is 1.29. The third kappa shape index (κ3) is 7.53. The molecular weight excluding hydrogens is 368 g/mol. The minimum atomic E-state index is -5.57. The maximum atomic E-state index is 11.4. The molecule has 0 saturated carbocycles. The van der Waals surface area contributed by atoms with Crippen LogP contribution in [0.1, 0.15) is 0 Å². The van der Waals surface area contributed by atoms with Gasteiger partial charge in [-0.05, 0) is 0 Å². The Morgan fingerprint density at radius 2 is 0.950 bits per heavy atom. The highest BCUT2D eigenvalue weighted by atomic mass is 31.3. The van der Waals surface area contributed by atoms with E-state index in [0.29, 0.717) is 7.11 Å². The first-order valence-electron chi connectivity index (χ1n) is 4.20. The Kier molecular flexibility index (Phi) is 7.42. The van der Waals surface area contributed by atoms with Crippen molar-refractivity contribution in [2.45, 2.75) is 0 Å². The van der Waals surface area contributed by atoms with Crippen molar-refractivity contribution in [2.75, 3.05) is 21.3 Å². The van der Waals surface area contributed by atoms with E-state index >= 15 is 0 Å². The molecule has 0 aromatic rings. The molecule has 0 radical (unpaired) electrons. The van der Waals surface area contributed by atoms with Crippen LogP contribution in [0.2, 0.25) is 0 Å². The van der Waals surface area contributed by atoms with Gasteiger partial charge in [0.2, 0.25) is 0 Å². The normalized spacial score (nSPS) is 21.7. The number of hydrogen-bond acceptors (Lipinski definition) is 10. The second-order valence-electron chi connectivity index (χ2n) is 2.65. The molecule has 0 heterocycles.